The zero-order valence-electron chi connectivity index (χ0n) is 18.9. The minimum absolute atomic E-state index is 0.00599. The normalized spacial score (nSPS) is 11.4. The lowest BCUT2D eigenvalue weighted by molar-refractivity contribution is 0.616. The summed E-state index contributed by atoms with van der Waals surface area (Å²) in [7, 11) is 0. The highest BCUT2D eigenvalue weighted by Gasteiger charge is 2.19. The molecule has 0 saturated carbocycles. The first-order valence-electron chi connectivity index (χ1n) is 11.3. The molecule has 0 N–H and O–H groups in total. The van der Waals surface area contributed by atoms with Crippen molar-refractivity contribution in [3.8, 4) is 22.6 Å². The number of benzene rings is 4. The van der Waals surface area contributed by atoms with E-state index in [0.717, 1.165) is 0 Å². The van der Waals surface area contributed by atoms with Gasteiger partial charge in [0.2, 0.25) is 10.9 Å². The number of azo groups is 1. The zero-order valence-corrected chi connectivity index (χ0v) is 18.9. The lowest BCUT2D eigenvalue weighted by atomic mass is 10.1. The molecule has 6 nitrogen and oxygen atoms in total. The summed E-state index contributed by atoms with van der Waals surface area (Å²) in [6.07, 6.45) is 0. The Bertz CT molecular complexity index is 1730. The Labute approximate surface area is 204 Å². The van der Waals surface area contributed by atoms with E-state index >= 15 is 0 Å². The van der Waals surface area contributed by atoms with Crippen molar-refractivity contribution in [3.05, 3.63) is 130 Å². The lowest BCUT2D eigenvalue weighted by Gasteiger charge is -2.08. The van der Waals surface area contributed by atoms with Gasteiger partial charge < -0.3 is 8.83 Å². The van der Waals surface area contributed by atoms with Crippen molar-refractivity contribution < 1.29 is 8.83 Å². The van der Waals surface area contributed by atoms with Crippen LogP contribution in [0.3, 0.4) is 0 Å². The summed E-state index contributed by atoms with van der Waals surface area (Å²) in [5.41, 5.74) is 1.55. The van der Waals surface area contributed by atoms with Crippen molar-refractivity contribution >= 4 is 33.3 Å². The van der Waals surface area contributed by atoms with Crippen LogP contribution in [0.15, 0.2) is 138 Å². The minimum atomic E-state index is -0.342. The van der Waals surface area contributed by atoms with E-state index in [4.69, 9.17) is 8.83 Å². The Hall–Kier alpha value is -5.10. The van der Waals surface area contributed by atoms with Gasteiger partial charge in [0.15, 0.2) is 22.9 Å². The van der Waals surface area contributed by atoms with Gasteiger partial charge in [-0.15, -0.1) is 10.2 Å². The van der Waals surface area contributed by atoms with E-state index in [1.54, 1.807) is 48.5 Å². The van der Waals surface area contributed by atoms with Crippen LogP contribution >= 0.6 is 0 Å². The van der Waals surface area contributed by atoms with E-state index in [9.17, 15) is 9.59 Å². The predicted octanol–water partition coefficient (Wildman–Crippen LogP) is 7.65. The third-order valence-corrected chi connectivity index (χ3v) is 5.87. The average Bonchev–Trinajstić information content (AvgIpc) is 2.94. The molecule has 6 rings (SSSR count). The molecule has 0 amide bonds. The smallest absolute Gasteiger partial charge is 0.220 e. The van der Waals surface area contributed by atoms with Gasteiger partial charge in [-0.05, 0) is 24.3 Å². The van der Waals surface area contributed by atoms with Gasteiger partial charge in [0.25, 0.3) is 0 Å². The maximum absolute atomic E-state index is 13.5. The molecule has 0 atom stereocenters. The first-order valence-corrected chi connectivity index (χ1v) is 11.3. The fraction of sp³-hybridized carbons (Fsp3) is 0. The molecular formula is C30H18N2O4. The van der Waals surface area contributed by atoms with E-state index in [-0.39, 0.29) is 33.8 Å². The van der Waals surface area contributed by atoms with Crippen LogP contribution < -0.4 is 10.9 Å². The summed E-state index contributed by atoms with van der Waals surface area (Å²) in [5, 5.41) is 9.38. The van der Waals surface area contributed by atoms with Crippen LogP contribution in [0.5, 0.6) is 0 Å². The largest absolute Gasteiger partial charge is 0.453 e. The number of hydrogen-bond donors (Lipinski definition) is 0. The topological polar surface area (TPSA) is 85.1 Å². The van der Waals surface area contributed by atoms with Crippen LogP contribution in [0.2, 0.25) is 0 Å². The molecular weight excluding hydrogens is 452 g/mol. The molecule has 2 heterocycles. The second kappa shape index (κ2) is 8.92. The van der Waals surface area contributed by atoms with Crippen LogP contribution in [0.25, 0.3) is 44.6 Å². The molecule has 6 aromatic rings. The summed E-state index contributed by atoms with van der Waals surface area (Å²) in [6, 6.07) is 32.3. The van der Waals surface area contributed by atoms with Crippen molar-refractivity contribution in [1.29, 1.82) is 0 Å². The van der Waals surface area contributed by atoms with Crippen molar-refractivity contribution in [3.63, 3.8) is 0 Å². The molecule has 0 bridgehead atoms. The fourth-order valence-electron chi connectivity index (χ4n) is 4.12. The van der Waals surface area contributed by atoms with Crippen molar-refractivity contribution in [2.75, 3.05) is 0 Å². The average molecular weight is 470 g/mol. The third-order valence-electron chi connectivity index (χ3n) is 5.87. The predicted molar refractivity (Wildman–Crippen MR) is 140 cm³/mol. The molecule has 0 aliphatic rings. The summed E-state index contributed by atoms with van der Waals surface area (Å²) < 4.78 is 12.2. The maximum atomic E-state index is 13.5. The standard InChI is InChI=1S/C30H18N2O4/c33-27-21-15-7-9-17-23(21)35-29(19-11-3-1-4-12-19)25(27)31-32-26-28(34)22-16-8-10-18-24(22)36-30(26)20-13-5-2-6-14-20/h1-18H. The van der Waals surface area contributed by atoms with Crippen molar-refractivity contribution in [2.24, 2.45) is 10.2 Å². The molecule has 0 aliphatic heterocycles. The van der Waals surface area contributed by atoms with E-state index in [1.165, 1.54) is 0 Å². The minimum Gasteiger partial charge on any atom is -0.453 e. The quantitative estimate of drug-likeness (QED) is 0.248. The van der Waals surface area contributed by atoms with Gasteiger partial charge in [-0.25, -0.2) is 0 Å². The summed E-state index contributed by atoms with van der Waals surface area (Å²) in [4.78, 5) is 27.0. The fourth-order valence-corrected chi connectivity index (χ4v) is 4.12. The number of fused-ring (bicyclic) bond motifs is 2. The van der Waals surface area contributed by atoms with Crippen LogP contribution in [-0.2, 0) is 0 Å². The second-order valence-electron chi connectivity index (χ2n) is 8.14. The van der Waals surface area contributed by atoms with E-state index in [0.29, 0.717) is 33.1 Å². The van der Waals surface area contributed by atoms with Gasteiger partial charge in [-0.3, -0.25) is 9.59 Å². The summed E-state index contributed by atoms with van der Waals surface area (Å²) in [6.45, 7) is 0. The third kappa shape index (κ3) is 3.71. The van der Waals surface area contributed by atoms with Crippen LogP contribution in [0.1, 0.15) is 0 Å². The number of rotatable bonds is 4. The molecule has 0 aliphatic carbocycles. The highest BCUT2D eigenvalue weighted by atomic mass is 16.3. The molecule has 0 spiro atoms. The Kier molecular flexibility index (Phi) is 5.31. The Balaban J connectivity index is 1.62. The number of para-hydroxylation sites is 2. The number of hydrogen-bond acceptors (Lipinski definition) is 6. The van der Waals surface area contributed by atoms with Gasteiger partial charge in [0.05, 0.1) is 10.8 Å². The van der Waals surface area contributed by atoms with Crippen LogP contribution in [0, 0.1) is 0 Å². The molecule has 0 radical (unpaired) electrons. The van der Waals surface area contributed by atoms with Crippen molar-refractivity contribution in [1.82, 2.24) is 0 Å². The highest BCUT2D eigenvalue weighted by Crippen LogP contribution is 2.35. The molecule has 0 unspecified atom stereocenters. The molecule has 2 aromatic heterocycles. The molecule has 172 valence electrons. The lowest BCUT2D eigenvalue weighted by Crippen LogP contribution is -2.04. The summed E-state index contributed by atoms with van der Waals surface area (Å²) >= 11 is 0. The first kappa shape index (κ1) is 21.4. The van der Waals surface area contributed by atoms with E-state index < -0.39 is 0 Å². The molecule has 36 heavy (non-hydrogen) atoms. The first-order chi connectivity index (χ1) is 17.7. The zero-order chi connectivity index (χ0) is 24.5. The number of nitrogens with zero attached hydrogens (tertiary/aromatic N) is 2. The van der Waals surface area contributed by atoms with Gasteiger partial charge in [0, 0.05) is 11.1 Å². The van der Waals surface area contributed by atoms with Gasteiger partial charge in [0.1, 0.15) is 11.2 Å². The Morgan fingerprint density at radius 3 is 1.22 bits per heavy atom. The van der Waals surface area contributed by atoms with Crippen molar-refractivity contribution in [2.45, 2.75) is 0 Å². The summed E-state index contributed by atoms with van der Waals surface area (Å²) in [5.74, 6) is 0.545. The van der Waals surface area contributed by atoms with E-state index in [2.05, 4.69) is 10.2 Å². The molecule has 4 aromatic carbocycles. The SMILES string of the molecule is O=c1c(N=Nc2c(-c3ccccc3)oc3ccccc3c2=O)c(-c2ccccc2)oc2ccccc12. The Morgan fingerprint density at radius 2 is 0.806 bits per heavy atom. The van der Waals surface area contributed by atoms with Gasteiger partial charge >= 0.3 is 0 Å². The Morgan fingerprint density at radius 1 is 0.444 bits per heavy atom. The van der Waals surface area contributed by atoms with Crippen LogP contribution in [-0.4, -0.2) is 0 Å². The van der Waals surface area contributed by atoms with E-state index in [1.807, 2.05) is 60.7 Å². The monoisotopic (exact) mass is 470 g/mol. The molecule has 0 fully saturated rings. The van der Waals surface area contributed by atoms with Gasteiger partial charge in [-0.2, -0.15) is 0 Å². The van der Waals surface area contributed by atoms with Crippen LogP contribution in [0.4, 0.5) is 11.4 Å². The molecule has 6 heteroatoms. The molecule has 0 saturated heterocycles. The second-order valence-corrected chi connectivity index (χ2v) is 8.14. The van der Waals surface area contributed by atoms with Gasteiger partial charge in [-0.1, -0.05) is 84.9 Å². The highest BCUT2D eigenvalue weighted by molar-refractivity contribution is 5.86. The maximum Gasteiger partial charge on any atom is 0.220 e.